The van der Waals surface area contributed by atoms with Crippen molar-refractivity contribution in [1.29, 1.82) is 0 Å². The molecular weight excluding hydrogens is 450 g/mol. The lowest BCUT2D eigenvalue weighted by Crippen LogP contribution is -2.49. The SMILES string of the molecule is CC(COC(=O)NCC(C(=O)N1CCOCC1)C1CCCCC1)CC(=O)c1nc2ccccc2o1. The van der Waals surface area contributed by atoms with E-state index in [4.69, 9.17) is 13.9 Å². The van der Waals surface area contributed by atoms with E-state index in [0.29, 0.717) is 37.4 Å². The molecule has 9 nitrogen and oxygen atoms in total. The van der Waals surface area contributed by atoms with Crippen LogP contribution in [0.25, 0.3) is 11.1 Å². The average molecular weight is 486 g/mol. The van der Waals surface area contributed by atoms with Crippen LogP contribution in [0.2, 0.25) is 0 Å². The molecule has 1 aliphatic carbocycles. The third kappa shape index (κ3) is 6.81. The summed E-state index contributed by atoms with van der Waals surface area (Å²) in [7, 11) is 0. The van der Waals surface area contributed by atoms with E-state index in [9.17, 15) is 14.4 Å². The Labute approximate surface area is 205 Å². The van der Waals surface area contributed by atoms with Crippen LogP contribution in [-0.2, 0) is 14.3 Å². The van der Waals surface area contributed by atoms with Crippen molar-refractivity contribution in [2.75, 3.05) is 39.5 Å². The molecule has 4 rings (SSSR count). The number of Topliss-reactive ketones (excluding diaryl/α,β-unsaturated/α-hetero) is 1. The maximum absolute atomic E-state index is 13.2. The van der Waals surface area contributed by atoms with Crippen LogP contribution in [0.4, 0.5) is 4.79 Å². The second kappa shape index (κ2) is 12.2. The molecule has 2 aliphatic rings. The minimum absolute atomic E-state index is 0.0689. The summed E-state index contributed by atoms with van der Waals surface area (Å²) in [5, 5.41) is 2.80. The van der Waals surface area contributed by atoms with E-state index in [1.165, 1.54) is 6.42 Å². The summed E-state index contributed by atoms with van der Waals surface area (Å²) in [5.41, 5.74) is 1.21. The highest BCUT2D eigenvalue weighted by Crippen LogP contribution is 2.31. The molecule has 9 heteroatoms. The van der Waals surface area contributed by atoms with Gasteiger partial charge in [-0.05, 0) is 36.8 Å². The number of rotatable bonds is 9. The summed E-state index contributed by atoms with van der Waals surface area (Å²) in [4.78, 5) is 44.2. The summed E-state index contributed by atoms with van der Waals surface area (Å²) in [5.74, 6) is -0.248. The van der Waals surface area contributed by atoms with Crippen LogP contribution in [0, 0.1) is 17.8 Å². The highest BCUT2D eigenvalue weighted by atomic mass is 16.5. The van der Waals surface area contributed by atoms with Crippen LogP contribution < -0.4 is 5.32 Å². The van der Waals surface area contributed by atoms with Crippen molar-refractivity contribution in [1.82, 2.24) is 15.2 Å². The van der Waals surface area contributed by atoms with Gasteiger partial charge in [0.05, 0.1) is 25.7 Å². The van der Waals surface area contributed by atoms with Gasteiger partial charge in [0, 0.05) is 26.1 Å². The largest absolute Gasteiger partial charge is 0.449 e. The van der Waals surface area contributed by atoms with E-state index in [0.717, 1.165) is 25.7 Å². The number of benzene rings is 1. The normalized spacial score (nSPS) is 18.7. The van der Waals surface area contributed by atoms with Crippen molar-refractivity contribution in [3.63, 3.8) is 0 Å². The van der Waals surface area contributed by atoms with Crippen LogP contribution in [0.3, 0.4) is 0 Å². The number of nitrogens with zero attached hydrogens (tertiary/aromatic N) is 2. The van der Waals surface area contributed by atoms with Gasteiger partial charge in [0.25, 0.3) is 5.89 Å². The Morgan fingerprint density at radius 3 is 2.63 bits per heavy atom. The summed E-state index contributed by atoms with van der Waals surface area (Å²) >= 11 is 0. The van der Waals surface area contributed by atoms with E-state index in [1.807, 2.05) is 24.0 Å². The Morgan fingerprint density at radius 2 is 1.89 bits per heavy atom. The molecule has 2 atom stereocenters. The number of ketones is 1. The minimum atomic E-state index is -0.568. The number of amides is 2. The molecule has 2 amide bonds. The maximum Gasteiger partial charge on any atom is 0.407 e. The van der Waals surface area contributed by atoms with Crippen molar-refractivity contribution in [2.45, 2.75) is 45.4 Å². The Balaban J connectivity index is 1.25. The molecule has 1 saturated heterocycles. The zero-order chi connectivity index (χ0) is 24.6. The predicted molar refractivity (Wildman–Crippen MR) is 129 cm³/mol. The quantitative estimate of drug-likeness (QED) is 0.538. The monoisotopic (exact) mass is 485 g/mol. The number of alkyl carbamates (subject to hydrolysis) is 1. The number of carbonyl (C=O) groups is 3. The number of hydrogen-bond donors (Lipinski definition) is 1. The average Bonchev–Trinajstić information content (AvgIpc) is 3.33. The first-order valence-corrected chi connectivity index (χ1v) is 12.7. The Hall–Kier alpha value is -2.94. The molecule has 1 aromatic heterocycles. The molecule has 1 N–H and O–H groups in total. The van der Waals surface area contributed by atoms with Crippen molar-refractivity contribution >= 4 is 28.9 Å². The smallest absolute Gasteiger partial charge is 0.407 e. The molecule has 1 aromatic carbocycles. The summed E-state index contributed by atoms with van der Waals surface area (Å²) in [6.07, 6.45) is 5.03. The summed E-state index contributed by atoms with van der Waals surface area (Å²) in [6, 6.07) is 7.21. The highest BCUT2D eigenvalue weighted by Gasteiger charge is 2.33. The standard InChI is InChI=1S/C26H35N3O6/c1-18(15-22(30)24-28-21-9-5-6-10-23(21)35-24)17-34-26(32)27-16-20(19-7-3-2-4-8-19)25(31)29-11-13-33-14-12-29/h5-6,9-10,18-20H,2-4,7-8,11-17H2,1H3,(H,27,32). The Kier molecular flexibility index (Phi) is 8.74. The van der Waals surface area contributed by atoms with E-state index in [1.54, 1.807) is 12.1 Å². The summed E-state index contributed by atoms with van der Waals surface area (Å²) < 4.78 is 16.3. The zero-order valence-corrected chi connectivity index (χ0v) is 20.4. The number of fused-ring (bicyclic) bond motifs is 1. The number of nitrogens with one attached hydrogen (secondary N) is 1. The maximum atomic E-state index is 13.2. The van der Waals surface area contributed by atoms with Gasteiger partial charge in [-0.1, -0.05) is 38.3 Å². The van der Waals surface area contributed by atoms with E-state index in [-0.39, 0.29) is 54.9 Å². The molecule has 0 radical (unpaired) electrons. The highest BCUT2D eigenvalue weighted by molar-refractivity contribution is 5.94. The first-order chi connectivity index (χ1) is 17.0. The lowest BCUT2D eigenvalue weighted by Gasteiger charge is -2.35. The van der Waals surface area contributed by atoms with Crippen LogP contribution in [-0.4, -0.2) is 67.1 Å². The number of carbonyl (C=O) groups excluding carboxylic acids is 3. The first kappa shape index (κ1) is 25.2. The molecule has 1 aliphatic heterocycles. The van der Waals surface area contributed by atoms with Crippen LogP contribution in [0.1, 0.15) is 56.1 Å². The minimum Gasteiger partial charge on any atom is -0.449 e. The molecule has 2 fully saturated rings. The number of oxazole rings is 1. The third-order valence-corrected chi connectivity index (χ3v) is 6.89. The van der Waals surface area contributed by atoms with Gasteiger partial charge in [-0.15, -0.1) is 0 Å². The second-order valence-corrected chi connectivity index (χ2v) is 9.64. The van der Waals surface area contributed by atoms with E-state index in [2.05, 4.69) is 10.3 Å². The molecule has 1 saturated carbocycles. The van der Waals surface area contributed by atoms with Gasteiger partial charge >= 0.3 is 6.09 Å². The van der Waals surface area contributed by atoms with Gasteiger partial charge in [-0.25, -0.2) is 9.78 Å². The van der Waals surface area contributed by atoms with Gasteiger partial charge in [0.1, 0.15) is 5.52 Å². The number of aromatic nitrogens is 1. The molecule has 2 unspecified atom stereocenters. The van der Waals surface area contributed by atoms with E-state index < -0.39 is 6.09 Å². The molecule has 0 spiro atoms. The van der Waals surface area contributed by atoms with Crippen LogP contribution >= 0.6 is 0 Å². The first-order valence-electron chi connectivity index (χ1n) is 12.7. The molecule has 2 heterocycles. The number of ether oxygens (including phenoxy) is 2. The number of morpholine rings is 1. The molecular formula is C26H35N3O6. The predicted octanol–water partition coefficient (Wildman–Crippen LogP) is 3.82. The Morgan fingerprint density at radius 1 is 1.14 bits per heavy atom. The van der Waals surface area contributed by atoms with Gasteiger partial charge in [0.2, 0.25) is 11.7 Å². The third-order valence-electron chi connectivity index (χ3n) is 6.89. The fraction of sp³-hybridized carbons (Fsp3) is 0.615. The molecule has 0 bridgehead atoms. The molecule has 190 valence electrons. The van der Waals surface area contributed by atoms with E-state index >= 15 is 0 Å². The summed E-state index contributed by atoms with van der Waals surface area (Å²) in [6.45, 7) is 4.48. The fourth-order valence-corrected chi connectivity index (χ4v) is 4.93. The van der Waals surface area contributed by atoms with Crippen LogP contribution in [0.15, 0.2) is 28.7 Å². The topological polar surface area (TPSA) is 111 Å². The molecule has 35 heavy (non-hydrogen) atoms. The lowest BCUT2D eigenvalue weighted by atomic mass is 9.79. The van der Waals surface area contributed by atoms with Crippen molar-refractivity contribution < 1.29 is 28.3 Å². The zero-order valence-electron chi connectivity index (χ0n) is 20.4. The van der Waals surface area contributed by atoms with Gasteiger partial charge in [0.15, 0.2) is 5.58 Å². The van der Waals surface area contributed by atoms with Crippen molar-refractivity contribution in [3.05, 3.63) is 30.2 Å². The molecule has 2 aromatic rings. The Bertz CT molecular complexity index is 976. The van der Waals surface area contributed by atoms with Gasteiger partial charge in [-0.2, -0.15) is 0 Å². The van der Waals surface area contributed by atoms with Crippen LogP contribution in [0.5, 0.6) is 0 Å². The van der Waals surface area contributed by atoms with Gasteiger partial charge < -0.3 is 24.1 Å². The fourth-order valence-electron chi connectivity index (χ4n) is 4.93. The van der Waals surface area contributed by atoms with Crippen molar-refractivity contribution in [3.8, 4) is 0 Å². The van der Waals surface area contributed by atoms with Gasteiger partial charge in [-0.3, -0.25) is 9.59 Å². The number of hydrogen-bond acceptors (Lipinski definition) is 7. The second-order valence-electron chi connectivity index (χ2n) is 9.64. The van der Waals surface area contributed by atoms with Crippen molar-refractivity contribution in [2.24, 2.45) is 17.8 Å². The lowest BCUT2D eigenvalue weighted by molar-refractivity contribution is -0.141. The number of para-hydroxylation sites is 2.